The monoisotopic (exact) mass is 358 g/mol. The standard InChI is InChI=1S/C14H12Cl2N2O3S/c1-6-10(12(19)13(20)21-2)11(18-14(22)17-6)8-4-3-7(15)5-9(8)16/h3-5,11H,1-2H3,(H2,17,18,22)/t11-/m0/s1. The summed E-state index contributed by atoms with van der Waals surface area (Å²) in [6.07, 6.45) is 0. The molecule has 0 bridgehead atoms. The highest BCUT2D eigenvalue weighted by molar-refractivity contribution is 7.80. The van der Waals surface area contributed by atoms with E-state index in [1.807, 2.05) is 0 Å². The third-order valence-corrected chi connectivity index (χ3v) is 3.94. The molecule has 0 unspecified atom stereocenters. The summed E-state index contributed by atoms with van der Waals surface area (Å²) in [6, 6.07) is 4.21. The van der Waals surface area contributed by atoms with E-state index in [4.69, 9.17) is 35.4 Å². The van der Waals surface area contributed by atoms with Crippen LogP contribution in [0.3, 0.4) is 0 Å². The molecule has 22 heavy (non-hydrogen) atoms. The molecule has 5 nitrogen and oxygen atoms in total. The number of ether oxygens (including phenoxy) is 1. The van der Waals surface area contributed by atoms with Gasteiger partial charge in [0.25, 0.3) is 5.78 Å². The second-order valence-corrected chi connectivity index (χ2v) is 5.81. The van der Waals surface area contributed by atoms with Gasteiger partial charge in [-0.15, -0.1) is 0 Å². The molecule has 116 valence electrons. The zero-order valence-electron chi connectivity index (χ0n) is 11.7. The Hall–Kier alpha value is -1.63. The average molecular weight is 359 g/mol. The van der Waals surface area contributed by atoms with Crippen molar-refractivity contribution >= 4 is 52.3 Å². The molecule has 0 aromatic heterocycles. The SMILES string of the molecule is COC(=O)C(=O)C1=C(C)NC(=S)N[C@H]1c1ccc(Cl)cc1Cl. The summed E-state index contributed by atoms with van der Waals surface area (Å²) in [5.41, 5.74) is 1.25. The predicted molar refractivity (Wildman–Crippen MR) is 87.8 cm³/mol. The van der Waals surface area contributed by atoms with Crippen LogP contribution in [0.25, 0.3) is 0 Å². The van der Waals surface area contributed by atoms with E-state index in [9.17, 15) is 9.59 Å². The minimum Gasteiger partial charge on any atom is -0.463 e. The first-order chi connectivity index (χ1) is 10.3. The van der Waals surface area contributed by atoms with E-state index < -0.39 is 17.8 Å². The number of hydrogen-bond donors (Lipinski definition) is 2. The summed E-state index contributed by atoms with van der Waals surface area (Å²) in [4.78, 5) is 23.9. The van der Waals surface area contributed by atoms with Gasteiger partial charge >= 0.3 is 5.97 Å². The van der Waals surface area contributed by atoms with Crippen molar-refractivity contribution < 1.29 is 14.3 Å². The van der Waals surface area contributed by atoms with Gasteiger partial charge in [-0.3, -0.25) is 4.79 Å². The molecule has 8 heteroatoms. The summed E-state index contributed by atoms with van der Waals surface area (Å²) in [6.45, 7) is 1.65. The summed E-state index contributed by atoms with van der Waals surface area (Å²) in [7, 11) is 1.15. The molecular weight excluding hydrogens is 347 g/mol. The lowest BCUT2D eigenvalue weighted by Gasteiger charge is -2.30. The van der Waals surface area contributed by atoms with Gasteiger partial charge in [0.2, 0.25) is 0 Å². The lowest BCUT2D eigenvalue weighted by molar-refractivity contribution is -0.150. The maximum absolute atomic E-state index is 12.3. The third-order valence-electron chi connectivity index (χ3n) is 3.16. The number of carbonyl (C=O) groups is 2. The third kappa shape index (κ3) is 3.24. The minimum atomic E-state index is -0.958. The number of esters is 1. The van der Waals surface area contributed by atoms with Crippen LogP contribution in [0.4, 0.5) is 0 Å². The van der Waals surface area contributed by atoms with Crippen molar-refractivity contribution in [3.63, 3.8) is 0 Å². The zero-order valence-corrected chi connectivity index (χ0v) is 14.0. The van der Waals surface area contributed by atoms with Crippen molar-refractivity contribution in [3.05, 3.63) is 45.1 Å². The van der Waals surface area contributed by atoms with E-state index in [1.54, 1.807) is 25.1 Å². The molecule has 1 atom stereocenters. The number of thiocarbonyl (C=S) groups is 1. The van der Waals surface area contributed by atoms with E-state index in [-0.39, 0.29) is 5.57 Å². The van der Waals surface area contributed by atoms with Gasteiger partial charge in [-0.2, -0.15) is 0 Å². The molecule has 2 rings (SSSR count). The number of rotatable bonds is 3. The molecule has 2 N–H and O–H groups in total. The van der Waals surface area contributed by atoms with E-state index in [1.165, 1.54) is 0 Å². The molecule has 1 aliphatic heterocycles. The molecule has 0 fully saturated rings. The highest BCUT2D eigenvalue weighted by atomic mass is 35.5. The zero-order chi connectivity index (χ0) is 16.4. The van der Waals surface area contributed by atoms with E-state index in [0.29, 0.717) is 26.4 Å². The number of carbonyl (C=O) groups excluding carboxylic acids is 2. The molecule has 0 saturated heterocycles. The molecule has 0 spiro atoms. The molecule has 0 radical (unpaired) electrons. The molecule has 0 aliphatic carbocycles. The fraction of sp³-hybridized carbons (Fsp3) is 0.214. The van der Waals surface area contributed by atoms with E-state index in [2.05, 4.69) is 15.4 Å². The largest absolute Gasteiger partial charge is 0.463 e. The van der Waals surface area contributed by atoms with Crippen LogP contribution in [0.1, 0.15) is 18.5 Å². The van der Waals surface area contributed by atoms with E-state index in [0.717, 1.165) is 7.11 Å². The Bertz CT molecular complexity index is 703. The fourth-order valence-corrected chi connectivity index (χ4v) is 2.95. The Morgan fingerprint density at radius 2 is 2.00 bits per heavy atom. The van der Waals surface area contributed by atoms with Gasteiger partial charge in [-0.25, -0.2) is 4.79 Å². The first kappa shape index (κ1) is 16.7. The van der Waals surface area contributed by atoms with Gasteiger partial charge in [0.05, 0.1) is 18.7 Å². The topological polar surface area (TPSA) is 67.4 Å². The van der Waals surface area contributed by atoms with Crippen LogP contribution < -0.4 is 10.6 Å². The predicted octanol–water partition coefficient (Wildman–Crippen LogP) is 2.53. The van der Waals surface area contributed by atoms with Crippen molar-refractivity contribution in [2.24, 2.45) is 0 Å². The average Bonchev–Trinajstić information content (AvgIpc) is 2.45. The number of methoxy groups -OCH3 is 1. The van der Waals surface area contributed by atoms with Gasteiger partial charge in [-0.1, -0.05) is 29.3 Å². The van der Waals surface area contributed by atoms with Crippen molar-refractivity contribution in [3.8, 4) is 0 Å². The molecule has 1 heterocycles. The van der Waals surface area contributed by atoms with Crippen LogP contribution in [0.15, 0.2) is 29.5 Å². The van der Waals surface area contributed by atoms with Gasteiger partial charge in [0, 0.05) is 15.7 Å². The van der Waals surface area contributed by atoms with Gasteiger partial charge in [0.15, 0.2) is 5.11 Å². The highest BCUT2D eigenvalue weighted by Crippen LogP contribution is 2.33. The molecule has 1 aliphatic rings. The maximum atomic E-state index is 12.3. The second kappa shape index (κ2) is 6.64. The van der Waals surface area contributed by atoms with Crippen molar-refractivity contribution in [1.82, 2.24) is 10.6 Å². The number of benzene rings is 1. The number of allylic oxidation sites excluding steroid dienone is 1. The lowest BCUT2D eigenvalue weighted by Crippen LogP contribution is -2.46. The summed E-state index contributed by atoms with van der Waals surface area (Å²) >= 11 is 17.2. The Morgan fingerprint density at radius 1 is 1.32 bits per heavy atom. The number of ketones is 1. The van der Waals surface area contributed by atoms with Crippen LogP contribution in [-0.2, 0) is 14.3 Å². The normalized spacial score (nSPS) is 17.6. The Kier molecular flexibility index (Phi) is 5.05. The van der Waals surface area contributed by atoms with Gasteiger partial charge in [0.1, 0.15) is 0 Å². The van der Waals surface area contributed by atoms with Crippen LogP contribution in [0, 0.1) is 0 Å². The van der Waals surface area contributed by atoms with Crippen molar-refractivity contribution in [2.45, 2.75) is 13.0 Å². The van der Waals surface area contributed by atoms with Crippen LogP contribution in [0.2, 0.25) is 10.0 Å². The van der Waals surface area contributed by atoms with Gasteiger partial charge < -0.3 is 15.4 Å². The summed E-state index contributed by atoms with van der Waals surface area (Å²) < 4.78 is 4.51. The first-order valence-corrected chi connectivity index (χ1v) is 7.37. The molecule has 1 aromatic rings. The smallest absolute Gasteiger partial charge is 0.379 e. The lowest BCUT2D eigenvalue weighted by atomic mass is 9.92. The summed E-state index contributed by atoms with van der Waals surface area (Å²) in [5, 5.41) is 6.91. The quantitative estimate of drug-likeness (QED) is 0.491. The highest BCUT2D eigenvalue weighted by Gasteiger charge is 2.34. The Morgan fingerprint density at radius 3 is 2.59 bits per heavy atom. The summed E-state index contributed by atoms with van der Waals surface area (Å²) in [5.74, 6) is -1.72. The Balaban J connectivity index is 2.55. The molecule has 0 saturated carbocycles. The second-order valence-electron chi connectivity index (χ2n) is 4.56. The van der Waals surface area contributed by atoms with E-state index >= 15 is 0 Å². The van der Waals surface area contributed by atoms with Crippen LogP contribution in [-0.4, -0.2) is 24.0 Å². The maximum Gasteiger partial charge on any atom is 0.379 e. The molecule has 1 aromatic carbocycles. The first-order valence-electron chi connectivity index (χ1n) is 6.21. The number of hydrogen-bond acceptors (Lipinski definition) is 4. The van der Waals surface area contributed by atoms with Gasteiger partial charge in [-0.05, 0) is 36.8 Å². The fourth-order valence-electron chi connectivity index (χ4n) is 2.17. The van der Waals surface area contributed by atoms with Crippen molar-refractivity contribution in [2.75, 3.05) is 7.11 Å². The van der Waals surface area contributed by atoms with Crippen LogP contribution in [0.5, 0.6) is 0 Å². The number of Topliss-reactive ketones (excluding diaryl/α,β-unsaturated/α-hetero) is 1. The molecule has 0 amide bonds. The number of nitrogens with one attached hydrogen (secondary N) is 2. The minimum absolute atomic E-state index is 0.199. The van der Waals surface area contributed by atoms with Crippen molar-refractivity contribution in [1.29, 1.82) is 0 Å². The number of halogens is 2. The molecular formula is C14H12Cl2N2O3S. The van der Waals surface area contributed by atoms with Crippen LogP contribution >= 0.6 is 35.4 Å². The Labute approximate surface area is 142 Å².